The molecule has 1 atom stereocenters. The molecule has 3 rings (SSSR count). The Morgan fingerprint density at radius 1 is 1.23 bits per heavy atom. The van der Waals surface area contributed by atoms with Crippen molar-refractivity contribution < 1.29 is 33.3 Å². The number of rotatable bonds is 8. The van der Waals surface area contributed by atoms with E-state index in [9.17, 15) is 14.4 Å². The molecular formula is C20H24N2O7S. The summed E-state index contributed by atoms with van der Waals surface area (Å²) in [7, 11) is 4.50. The molecule has 0 aromatic heterocycles. The maximum absolute atomic E-state index is 12.7. The highest BCUT2D eigenvalue weighted by atomic mass is 32.2. The maximum atomic E-state index is 12.7. The monoisotopic (exact) mass is 436 g/mol. The zero-order valence-electron chi connectivity index (χ0n) is 17.1. The Hall–Kier alpha value is -2.72. The van der Waals surface area contributed by atoms with Crippen molar-refractivity contribution >= 4 is 34.9 Å². The van der Waals surface area contributed by atoms with Crippen LogP contribution >= 0.6 is 11.8 Å². The van der Waals surface area contributed by atoms with Gasteiger partial charge in [0.15, 0.2) is 11.5 Å². The number of methoxy groups -OCH3 is 3. The third-order valence-electron chi connectivity index (χ3n) is 4.72. The number of nitrogens with zero attached hydrogens (tertiary/aromatic N) is 1. The molecule has 162 valence electrons. The van der Waals surface area contributed by atoms with E-state index in [-0.39, 0.29) is 29.1 Å². The van der Waals surface area contributed by atoms with E-state index in [0.29, 0.717) is 35.8 Å². The fourth-order valence-corrected chi connectivity index (χ4v) is 4.08. The van der Waals surface area contributed by atoms with E-state index in [1.54, 1.807) is 18.2 Å². The summed E-state index contributed by atoms with van der Waals surface area (Å²) >= 11 is 0.846. The third-order valence-corrected chi connectivity index (χ3v) is 5.62. The first kappa shape index (κ1) is 22.0. The molecule has 1 unspecified atom stereocenters. The second-order valence-electron chi connectivity index (χ2n) is 6.58. The molecule has 0 aliphatic carbocycles. The lowest BCUT2D eigenvalue weighted by Gasteiger charge is -2.15. The Morgan fingerprint density at radius 3 is 2.50 bits per heavy atom. The van der Waals surface area contributed by atoms with Gasteiger partial charge < -0.3 is 24.3 Å². The Balaban J connectivity index is 1.68. The number of hydrogen-bond acceptors (Lipinski definition) is 8. The molecule has 2 saturated heterocycles. The van der Waals surface area contributed by atoms with Gasteiger partial charge in [-0.2, -0.15) is 0 Å². The zero-order valence-corrected chi connectivity index (χ0v) is 17.9. The van der Waals surface area contributed by atoms with Gasteiger partial charge in [0.1, 0.15) is 6.10 Å². The molecule has 3 amide bonds. The lowest BCUT2D eigenvalue weighted by Crippen LogP contribution is -2.40. The molecule has 9 nitrogen and oxygen atoms in total. The Kier molecular flexibility index (Phi) is 7.22. The standard InChI is InChI=1S/C20H24N2O7S/c1-26-14-9-12(10-15(27-2)17(14)28-3)11-16-19(24)22(20(25)30-16)7-6-21-18(23)13-5-4-8-29-13/h9-11,13H,4-8H2,1-3H3,(H,21,23). The van der Waals surface area contributed by atoms with Crippen LogP contribution in [0.4, 0.5) is 4.79 Å². The molecule has 0 bridgehead atoms. The fourth-order valence-electron chi connectivity index (χ4n) is 3.22. The highest BCUT2D eigenvalue weighted by Gasteiger charge is 2.35. The first-order valence-electron chi connectivity index (χ1n) is 9.43. The second kappa shape index (κ2) is 9.86. The molecular weight excluding hydrogens is 412 g/mol. The highest BCUT2D eigenvalue weighted by Crippen LogP contribution is 2.40. The second-order valence-corrected chi connectivity index (χ2v) is 7.58. The molecule has 1 aromatic rings. The van der Waals surface area contributed by atoms with E-state index in [2.05, 4.69) is 5.32 Å². The number of nitrogens with one attached hydrogen (secondary N) is 1. The van der Waals surface area contributed by atoms with Crippen molar-refractivity contribution in [3.8, 4) is 17.2 Å². The largest absolute Gasteiger partial charge is 0.493 e. The molecule has 30 heavy (non-hydrogen) atoms. The summed E-state index contributed by atoms with van der Waals surface area (Å²) in [6.07, 6.45) is 2.69. The van der Waals surface area contributed by atoms with Crippen molar-refractivity contribution in [2.75, 3.05) is 41.0 Å². The topological polar surface area (TPSA) is 103 Å². The number of ether oxygens (including phenoxy) is 4. The number of benzene rings is 1. The molecule has 2 fully saturated rings. The summed E-state index contributed by atoms with van der Waals surface area (Å²) in [4.78, 5) is 38.3. The molecule has 1 N–H and O–H groups in total. The molecule has 10 heteroatoms. The molecule has 2 aliphatic rings. The van der Waals surface area contributed by atoms with Crippen LogP contribution in [-0.4, -0.2) is 69.1 Å². The van der Waals surface area contributed by atoms with Gasteiger partial charge in [0.05, 0.1) is 26.2 Å². The van der Waals surface area contributed by atoms with E-state index in [1.807, 2.05) is 0 Å². The summed E-state index contributed by atoms with van der Waals surface area (Å²) in [5.74, 6) is 0.697. The van der Waals surface area contributed by atoms with Crippen LogP contribution in [0, 0.1) is 0 Å². The first-order chi connectivity index (χ1) is 14.5. The predicted molar refractivity (Wildman–Crippen MR) is 111 cm³/mol. The van der Waals surface area contributed by atoms with Gasteiger partial charge in [-0.25, -0.2) is 0 Å². The number of thioether (sulfide) groups is 1. The first-order valence-corrected chi connectivity index (χ1v) is 10.2. The number of hydrogen-bond donors (Lipinski definition) is 1. The normalized spacial score (nSPS) is 20.0. The van der Waals surface area contributed by atoms with Crippen molar-refractivity contribution in [3.63, 3.8) is 0 Å². The Bertz CT molecular complexity index is 840. The lowest BCUT2D eigenvalue weighted by atomic mass is 10.1. The van der Waals surface area contributed by atoms with Crippen LogP contribution in [0.1, 0.15) is 18.4 Å². The van der Waals surface area contributed by atoms with Crippen molar-refractivity contribution in [2.45, 2.75) is 18.9 Å². The molecule has 0 spiro atoms. The molecule has 2 aliphatic heterocycles. The summed E-state index contributed by atoms with van der Waals surface area (Å²) in [5.41, 5.74) is 0.627. The van der Waals surface area contributed by atoms with Crippen molar-refractivity contribution in [1.29, 1.82) is 0 Å². The van der Waals surface area contributed by atoms with Gasteiger partial charge in [-0.15, -0.1) is 0 Å². The van der Waals surface area contributed by atoms with Gasteiger partial charge in [-0.05, 0) is 48.4 Å². The van der Waals surface area contributed by atoms with Gasteiger partial charge in [-0.3, -0.25) is 19.3 Å². The van der Waals surface area contributed by atoms with Crippen LogP contribution in [0.5, 0.6) is 17.2 Å². The minimum atomic E-state index is -0.445. The van der Waals surface area contributed by atoms with Gasteiger partial charge in [0, 0.05) is 19.7 Å². The van der Waals surface area contributed by atoms with Crippen LogP contribution in [0.2, 0.25) is 0 Å². The summed E-state index contributed by atoms with van der Waals surface area (Å²) < 4.78 is 21.2. The SMILES string of the molecule is COc1cc(C=C2SC(=O)N(CCNC(=O)C3CCCO3)C2=O)cc(OC)c1OC. The van der Waals surface area contributed by atoms with Gasteiger partial charge in [0.2, 0.25) is 11.7 Å². The van der Waals surface area contributed by atoms with E-state index in [0.717, 1.165) is 23.1 Å². The maximum Gasteiger partial charge on any atom is 0.293 e. The van der Waals surface area contributed by atoms with Crippen molar-refractivity contribution in [2.24, 2.45) is 0 Å². The van der Waals surface area contributed by atoms with Gasteiger partial charge >= 0.3 is 0 Å². The van der Waals surface area contributed by atoms with Gasteiger partial charge in [-0.1, -0.05) is 0 Å². The van der Waals surface area contributed by atoms with E-state index in [4.69, 9.17) is 18.9 Å². The Morgan fingerprint density at radius 2 is 1.93 bits per heavy atom. The van der Waals surface area contributed by atoms with Gasteiger partial charge in [0.25, 0.3) is 11.1 Å². The molecule has 0 radical (unpaired) electrons. The smallest absolute Gasteiger partial charge is 0.293 e. The molecule has 1 aromatic carbocycles. The number of imide groups is 1. The zero-order chi connectivity index (χ0) is 21.7. The molecule has 2 heterocycles. The van der Waals surface area contributed by atoms with E-state index < -0.39 is 12.0 Å². The lowest BCUT2D eigenvalue weighted by molar-refractivity contribution is -0.130. The molecule has 0 saturated carbocycles. The Labute approximate surface area is 178 Å². The van der Waals surface area contributed by atoms with Crippen molar-refractivity contribution in [1.82, 2.24) is 10.2 Å². The van der Waals surface area contributed by atoms with E-state index >= 15 is 0 Å². The quantitative estimate of drug-likeness (QED) is 0.618. The number of carbonyl (C=O) groups excluding carboxylic acids is 3. The fraction of sp³-hybridized carbons (Fsp3) is 0.450. The van der Waals surface area contributed by atoms with Crippen LogP contribution < -0.4 is 19.5 Å². The third kappa shape index (κ3) is 4.71. The summed E-state index contributed by atoms with van der Waals surface area (Å²) in [5, 5.41) is 2.33. The predicted octanol–water partition coefficient (Wildman–Crippen LogP) is 2.04. The highest BCUT2D eigenvalue weighted by molar-refractivity contribution is 8.18. The summed E-state index contributed by atoms with van der Waals surface area (Å²) in [6.45, 7) is 0.844. The van der Waals surface area contributed by atoms with E-state index in [1.165, 1.54) is 21.3 Å². The average molecular weight is 436 g/mol. The number of carbonyl (C=O) groups is 3. The van der Waals surface area contributed by atoms with Crippen LogP contribution in [0.3, 0.4) is 0 Å². The average Bonchev–Trinajstić information content (AvgIpc) is 3.37. The van der Waals surface area contributed by atoms with Crippen LogP contribution in [-0.2, 0) is 14.3 Å². The minimum Gasteiger partial charge on any atom is -0.493 e. The van der Waals surface area contributed by atoms with Crippen molar-refractivity contribution in [3.05, 3.63) is 22.6 Å². The summed E-state index contributed by atoms with van der Waals surface area (Å²) in [6, 6.07) is 3.38. The van der Waals surface area contributed by atoms with Crippen LogP contribution in [0.15, 0.2) is 17.0 Å². The van der Waals surface area contributed by atoms with Crippen LogP contribution in [0.25, 0.3) is 6.08 Å². The minimum absolute atomic E-state index is 0.0930. The number of amides is 3.